The van der Waals surface area contributed by atoms with Gasteiger partial charge in [-0.05, 0) is 37.8 Å². The zero-order valence-corrected chi connectivity index (χ0v) is 11.8. The van der Waals surface area contributed by atoms with E-state index >= 15 is 0 Å². The first kappa shape index (κ1) is 14.6. The van der Waals surface area contributed by atoms with Gasteiger partial charge in [0.05, 0.1) is 12.1 Å². The normalized spacial score (nSPS) is 14.9. The molecule has 0 aliphatic carbocycles. The predicted molar refractivity (Wildman–Crippen MR) is 76.5 cm³/mol. The molecule has 17 heavy (non-hydrogen) atoms. The zero-order chi connectivity index (χ0) is 12.7. The van der Waals surface area contributed by atoms with E-state index in [1.54, 1.807) is 0 Å². The second kappa shape index (κ2) is 7.04. The lowest BCUT2D eigenvalue weighted by atomic mass is 9.87. The van der Waals surface area contributed by atoms with Gasteiger partial charge >= 0.3 is 0 Å². The smallest absolute Gasteiger partial charge is 0.0678 e. The van der Waals surface area contributed by atoms with Gasteiger partial charge in [0.15, 0.2) is 0 Å². The van der Waals surface area contributed by atoms with Crippen molar-refractivity contribution in [2.24, 2.45) is 0 Å². The van der Waals surface area contributed by atoms with Crippen LogP contribution in [0.4, 0.5) is 0 Å². The van der Waals surface area contributed by atoms with Crippen LogP contribution in [-0.4, -0.2) is 29.8 Å². The van der Waals surface area contributed by atoms with Crippen LogP contribution in [0.2, 0.25) is 0 Å². The maximum atomic E-state index is 9.83. The van der Waals surface area contributed by atoms with E-state index in [0.717, 1.165) is 12.2 Å². The second-order valence-corrected chi connectivity index (χ2v) is 5.63. The summed E-state index contributed by atoms with van der Waals surface area (Å²) in [4.78, 5) is 0. The maximum Gasteiger partial charge on any atom is 0.0678 e. The summed E-state index contributed by atoms with van der Waals surface area (Å²) >= 11 is 1.81. The Bertz CT molecular complexity index is 315. The largest absolute Gasteiger partial charge is 0.394 e. The van der Waals surface area contributed by atoms with Gasteiger partial charge in [-0.25, -0.2) is 0 Å². The van der Waals surface area contributed by atoms with Gasteiger partial charge < -0.3 is 10.4 Å². The molecule has 0 amide bonds. The summed E-state index contributed by atoms with van der Waals surface area (Å²) in [5, 5.41) is 13.4. The summed E-state index contributed by atoms with van der Waals surface area (Å²) in [6.07, 6.45) is 3.04. The second-order valence-electron chi connectivity index (χ2n) is 4.65. The van der Waals surface area contributed by atoms with Crippen LogP contribution in [0.25, 0.3) is 0 Å². The van der Waals surface area contributed by atoms with E-state index in [9.17, 15) is 5.11 Å². The van der Waals surface area contributed by atoms with Crippen LogP contribution in [0.1, 0.15) is 25.8 Å². The van der Waals surface area contributed by atoms with Crippen molar-refractivity contribution in [3.05, 3.63) is 35.9 Å². The number of aliphatic hydroxyl groups is 1. The van der Waals surface area contributed by atoms with Crippen LogP contribution < -0.4 is 5.32 Å². The predicted octanol–water partition coefficient (Wildman–Crippen LogP) is 2.63. The molecule has 2 nitrogen and oxygen atoms in total. The van der Waals surface area contributed by atoms with Gasteiger partial charge in [0, 0.05) is 6.04 Å². The Labute approximate surface area is 109 Å². The lowest BCUT2D eigenvalue weighted by Crippen LogP contribution is -2.49. The highest BCUT2D eigenvalue weighted by molar-refractivity contribution is 7.98. The van der Waals surface area contributed by atoms with Crippen molar-refractivity contribution in [1.29, 1.82) is 0 Å². The van der Waals surface area contributed by atoms with Crippen molar-refractivity contribution in [2.45, 2.75) is 31.8 Å². The third kappa shape index (κ3) is 4.02. The molecule has 0 bridgehead atoms. The maximum absolute atomic E-state index is 9.83. The SMILES string of the molecule is CSCCC(CO)(NC(C)C)c1ccccc1. The molecule has 2 N–H and O–H groups in total. The van der Waals surface area contributed by atoms with E-state index < -0.39 is 0 Å². The van der Waals surface area contributed by atoms with E-state index in [1.807, 2.05) is 30.0 Å². The lowest BCUT2D eigenvalue weighted by molar-refractivity contribution is 0.147. The molecule has 0 heterocycles. The van der Waals surface area contributed by atoms with Crippen LogP contribution in [0.5, 0.6) is 0 Å². The molecule has 3 heteroatoms. The molecule has 1 aromatic rings. The van der Waals surface area contributed by atoms with Crippen LogP contribution in [-0.2, 0) is 5.54 Å². The Morgan fingerprint density at radius 1 is 1.29 bits per heavy atom. The van der Waals surface area contributed by atoms with Crippen molar-refractivity contribution in [3.63, 3.8) is 0 Å². The van der Waals surface area contributed by atoms with Crippen molar-refractivity contribution >= 4 is 11.8 Å². The lowest BCUT2D eigenvalue weighted by Gasteiger charge is -2.35. The molecule has 0 saturated carbocycles. The molecule has 0 spiro atoms. The number of aliphatic hydroxyl groups excluding tert-OH is 1. The van der Waals surface area contributed by atoms with Gasteiger partial charge in [-0.1, -0.05) is 30.3 Å². The molecule has 96 valence electrons. The molecular formula is C14H23NOS. The molecule has 1 atom stereocenters. The molecular weight excluding hydrogens is 230 g/mol. The summed E-state index contributed by atoms with van der Waals surface area (Å²) in [6.45, 7) is 4.37. The molecule has 0 radical (unpaired) electrons. The van der Waals surface area contributed by atoms with Crippen LogP contribution in [0.3, 0.4) is 0 Å². The molecule has 1 unspecified atom stereocenters. The molecule has 0 aliphatic heterocycles. The summed E-state index contributed by atoms with van der Waals surface area (Å²) in [6, 6.07) is 10.6. The fourth-order valence-corrected chi connectivity index (χ4v) is 2.65. The minimum atomic E-state index is -0.307. The topological polar surface area (TPSA) is 32.3 Å². The number of rotatable bonds is 7. The Kier molecular flexibility index (Phi) is 6.03. The van der Waals surface area contributed by atoms with Gasteiger partial charge in [0.1, 0.15) is 0 Å². The average Bonchev–Trinajstić information content (AvgIpc) is 2.35. The van der Waals surface area contributed by atoms with Gasteiger partial charge in [-0.2, -0.15) is 11.8 Å². The summed E-state index contributed by atoms with van der Waals surface area (Å²) < 4.78 is 0. The van der Waals surface area contributed by atoms with Gasteiger partial charge in [0.25, 0.3) is 0 Å². The van der Waals surface area contributed by atoms with E-state index in [0.29, 0.717) is 6.04 Å². The minimum Gasteiger partial charge on any atom is -0.394 e. The summed E-state index contributed by atoms with van der Waals surface area (Å²) in [5.74, 6) is 1.04. The van der Waals surface area contributed by atoms with E-state index in [1.165, 1.54) is 5.56 Å². The van der Waals surface area contributed by atoms with Crippen LogP contribution in [0, 0.1) is 0 Å². The van der Waals surface area contributed by atoms with E-state index in [-0.39, 0.29) is 12.1 Å². The fourth-order valence-electron chi connectivity index (χ4n) is 2.10. The average molecular weight is 253 g/mol. The molecule has 0 fully saturated rings. The first-order valence-electron chi connectivity index (χ1n) is 6.07. The highest BCUT2D eigenvalue weighted by Gasteiger charge is 2.31. The number of hydrogen-bond donors (Lipinski definition) is 2. The number of thioether (sulfide) groups is 1. The molecule has 0 aromatic heterocycles. The monoisotopic (exact) mass is 253 g/mol. The van der Waals surface area contributed by atoms with Crippen molar-refractivity contribution in [2.75, 3.05) is 18.6 Å². The van der Waals surface area contributed by atoms with Crippen molar-refractivity contribution < 1.29 is 5.11 Å². The Morgan fingerprint density at radius 2 is 1.94 bits per heavy atom. The standard InChI is InChI=1S/C14H23NOS/c1-12(2)15-14(11-16,9-10-17-3)13-7-5-4-6-8-13/h4-8,12,15-16H,9-11H2,1-3H3. The Balaban J connectivity index is 2.97. The van der Waals surface area contributed by atoms with E-state index in [2.05, 4.69) is 37.6 Å². The van der Waals surface area contributed by atoms with E-state index in [4.69, 9.17) is 0 Å². The molecule has 1 aromatic carbocycles. The first-order chi connectivity index (χ1) is 8.14. The van der Waals surface area contributed by atoms with Crippen molar-refractivity contribution in [1.82, 2.24) is 5.32 Å². The van der Waals surface area contributed by atoms with Gasteiger partial charge in [0.2, 0.25) is 0 Å². The number of benzene rings is 1. The van der Waals surface area contributed by atoms with Gasteiger partial charge in [-0.15, -0.1) is 0 Å². The third-order valence-corrected chi connectivity index (χ3v) is 3.51. The molecule has 1 rings (SSSR count). The summed E-state index contributed by atoms with van der Waals surface area (Å²) in [7, 11) is 0. The molecule has 0 aliphatic rings. The fraction of sp³-hybridized carbons (Fsp3) is 0.571. The minimum absolute atomic E-state index is 0.135. The highest BCUT2D eigenvalue weighted by Crippen LogP contribution is 2.26. The number of nitrogens with one attached hydrogen (secondary N) is 1. The van der Waals surface area contributed by atoms with Crippen LogP contribution >= 0.6 is 11.8 Å². The van der Waals surface area contributed by atoms with Crippen molar-refractivity contribution in [3.8, 4) is 0 Å². The Morgan fingerprint density at radius 3 is 2.41 bits per heavy atom. The number of hydrogen-bond acceptors (Lipinski definition) is 3. The first-order valence-corrected chi connectivity index (χ1v) is 7.47. The quantitative estimate of drug-likeness (QED) is 0.783. The van der Waals surface area contributed by atoms with Gasteiger partial charge in [-0.3, -0.25) is 0 Å². The zero-order valence-electron chi connectivity index (χ0n) is 10.9. The Hall–Kier alpha value is -0.510. The molecule has 0 saturated heterocycles. The summed E-state index contributed by atoms with van der Waals surface area (Å²) in [5.41, 5.74) is 0.864. The van der Waals surface area contributed by atoms with Crippen LogP contribution in [0.15, 0.2) is 30.3 Å². The third-order valence-electron chi connectivity index (χ3n) is 2.89. The highest BCUT2D eigenvalue weighted by atomic mass is 32.2.